The summed E-state index contributed by atoms with van der Waals surface area (Å²) < 4.78 is 5.42. The van der Waals surface area contributed by atoms with Crippen LogP contribution in [-0.4, -0.2) is 90.0 Å². The molecular formula is C24H36N4O4. The number of phenolic OH excluding ortho intramolecular Hbond substituents is 1. The first-order valence-corrected chi connectivity index (χ1v) is 11.4. The van der Waals surface area contributed by atoms with Gasteiger partial charge in [-0.1, -0.05) is 6.58 Å². The van der Waals surface area contributed by atoms with Crippen LogP contribution in [0, 0.1) is 0 Å². The largest absolute Gasteiger partial charge is 0.508 e. The number of carbonyl (C=O) groups is 1. The van der Waals surface area contributed by atoms with Crippen LogP contribution in [0.3, 0.4) is 0 Å². The maximum absolute atomic E-state index is 11.1. The number of nitrogens with zero attached hydrogens (tertiary/aromatic N) is 3. The van der Waals surface area contributed by atoms with Crippen LogP contribution in [0.1, 0.15) is 36.8 Å². The third-order valence-electron chi connectivity index (χ3n) is 6.25. The second-order valence-electron chi connectivity index (χ2n) is 8.40. The fraction of sp³-hybridized carbons (Fsp3) is 0.583. The van der Waals surface area contributed by atoms with E-state index in [9.17, 15) is 15.0 Å². The van der Waals surface area contributed by atoms with E-state index >= 15 is 0 Å². The highest BCUT2D eigenvalue weighted by Gasteiger charge is 2.31. The fourth-order valence-electron chi connectivity index (χ4n) is 4.38. The summed E-state index contributed by atoms with van der Waals surface area (Å²) in [6.45, 7) is 9.15. The molecule has 2 saturated heterocycles. The molecule has 1 aromatic carbocycles. The van der Waals surface area contributed by atoms with Crippen molar-refractivity contribution in [3.05, 3.63) is 41.6 Å². The van der Waals surface area contributed by atoms with Crippen LogP contribution in [0.2, 0.25) is 0 Å². The molecule has 0 aromatic heterocycles. The number of hydrogen-bond donors (Lipinski definition) is 3. The van der Waals surface area contributed by atoms with E-state index in [4.69, 9.17) is 4.74 Å². The Labute approximate surface area is 190 Å². The summed E-state index contributed by atoms with van der Waals surface area (Å²) in [7, 11) is 1.89. The van der Waals surface area contributed by atoms with Crippen molar-refractivity contribution in [2.45, 2.75) is 44.5 Å². The highest BCUT2D eigenvalue weighted by Crippen LogP contribution is 2.28. The highest BCUT2D eigenvalue weighted by molar-refractivity contribution is 5.65. The number of carbonyl (C=O) groups excluding carboxylic acids is 1. The van der Waals surface area contributed by atoms with Crippen molar-refractivity contribution < 1.29 is 19.7 Å². The van der Waals surface area contributed by atoms with Crippen LogP contribution in [0.5, 0.6) is 5.75 Å². The highest BCUT2D eigenvalue weighted by atomic mass is 16.5. The molecule has 0 spiro atoms. The van der Waals surface area contributed by atoms with Crippen LogP contribution in [0.25, 0.3) is 5.70 Å². The van der Waals surface area contributed by atoms with E-state index < -0.39 is 6.23 Å². The first-order chi connectivity index (χ1) is 15.5. The lowest BCUT2D eigenvalue weighted by Gasteiger charge is -2.41. The van der Waals surface area contributed by atoms with Gasteiger partial charge in [-0.05, 0) is 37.5 Å². The van der Waals surface area contributed by atoms with Gasteiger partial charge in [-0.15, -0.1) is 5.73 Å². The second kappa shape index (κ2) is 12.2. The minimum absolute atomic E-state index is 0.251. The number of nitrogens with one attached hydrogen (secondary N) is 1. The predicted molar refractivity (Wildman–Crippen MR) is 124 cm³/mol. The molecule has 2 atom stereocenters. The van der Waals surface area contributed by atoms with Crippen LogP contribution in [-0.2, 0) is 16.1 Å². The average Bonchev–Trinajstić information content (AvgIpc) is 2.83. The number of ether oxygens (including phenoxy) is 1. The predicted octanol–water partition coefficient (Wildman–Crippen LogP) is 1.55. The lowest BCUT2D eigenvalue weighted by molar-refractivity contribution is -0.109. The SMILES string of the molecule is C=C=C(c1ccc(O)c(CN2CCOCC2)c1)N(C)[C@@H](CCC=O)C(O)N1CCCCN1. The van der Waals surface area contributed by atoms with E-state index in [1.165, 1.54) is 0 Å². The van der Waals surface area contributed by atoms with Gasteiger partial charge in [0.1, 0.15) is 18.3 Å². The van der Waals surface area contributed by atoms with Crippen molar-refractivity contribution in [3.63, 3.8) is 0 Å². The summed E-state index contributed by atoms with van der Waals surface area (Å²) in [6, 6.07) is 5.16. The number of benzene rings is 1. The smallest absolute Gasteiger partial charge is 0.140 e. The molecule has 0 aliphatic carbocycles. The van der Waals surface area contributed by atoms with Crippen molar-refractivity contribution in [3.8, 4) is 5.75 Å². The van der Waals surface area contributed by atoms with Gasteiger partial charge in [0.2, 0.25) is 0 Å². The molecule has 0 amide bonds. The Kier molecular flexibility index (Phi) is 9.29. The molecule has 1 unspecified atom stereocenters. The lowest BCUT2D eigenvalue weighted by Crippen LogP contribution is -2.57. The Morgan fingerprint density at radius 1 is 1.34 bits per heavy atom. The third-order valence-corrected chi connectivity index (χ3v) is 6.25. The van der Waals surface area contributed by atoms with Crippen LogP contribution in [0.4, 0.5) is 0 Å². The molecule has 8 heteroatoms. The number of aldehydes is 1. The number of aliphatic hydroxyl groups is 1. The van der Waals surface area contributed by atoms with Gasteiger partial charge in [-0.3, -0.25) is 10.3 Å². The zero-order valence-electron chi connectivity index (χ0n) is 19.0. The van der Waals surface area contributed by atoms with E-state index in [0.29, 0.717) is 32.6 Å². The van der Waals surface area contributed by atoms with Gasteiger partial charge in [0.15, 0.2) is 0 Å². The van der Waals surface area contributed by atoms with Gasteiger partial charge in [0.25, 0.3) is 0 Å². The van der Waals surface area contributed by atoms with Crippen LogP contribution < -0.4 is 5.43 Å². The minimum atomic E-state index is -0.784. The zero-order valence-corrected chi connectivity index (χ0v) is 19.0. The maximum atomic E-state index is 11.1. The number of aromatic hydroxyl groups is 1. The van der Waals surface area contributed by atoms with Gasteiger partial charge in [0, 0.05) is 57.3 Å². The monoisotopic (exact) mass is 444 g/mol. The molecule has 2 fully saturated rings. The number of rotatable bonds is 10. The van der Waals surface area contributed by atoms with Gasteiger partial charge >= 0.3 is 0 Å². The van der Waals surface area contributed by atoms with E-state index in [1.54, 1.807) is 6.07 Å². The number of hydrogen-bond acceptors (Lipinski definition) is 8. The Morgan fingerprint density at radius 3 is 2.78 bits per heavy atom. The van der Waals surface area contributed by atoms with E-state index in [1.807, 2.05) is 29.1 Å². The minimum Gasteiger partial charge on any atom is -0.508 e. The van der Waals surface area contributed by atoms with Crippen molar-refractivity contribution >= 4 is 12.0 Å². The van der Waals surface area contributed by atoms with E-state index in [2.05, 4.69) is 22.6 Å². The van der Waals surface area contributed by atoms with Crippen LogP contribution in [0.15, 0.2) is 30.5 Å². The molecule has 0 saturated carbocycles. The summed E-state index contributed by atoms with van der Waals surface area (Å²) in [4.78, 5) is 15.3. The molecule has 8 nitrogen and oxygen atoms in total. The number of likely N-dealkylation sites (N-methyl/N-ethyl adjacent to an activating group) is 1. The Bertz CT molecular complexity index is 799. The molecule has 0 radical (unpaired) electrons. The summed E-state index contributed by atoms with van der Waals surface area (Å²) in [6.07, 6.45) is 3.05. The Morgan fingerprint density at radius 2 is 2.12 bits per heavy atom. The molecule has 2 heterocycles. The average molecular weight is 445 g/mol. The first kappa shape index (κ1) is 24.5. The van der Waals surface area contributed by atoms with Crippen molar-refractivity contribution in [2.75, 3.05) is 46.4 Å². The summed E-state index contributed by atoms with van der Waals surface area (Å²) in [5.41, 5.74) is 8.69. The number of morpholine rings is 1. The molecule has 3 N–H and O–H groups in total. The molecule has 3 rings (SSSR count). The molecule has 1 aromatic rings. The molecule has 32 heavy (non-hydrogen) atoms. The molecule has 0 bridgehead atoms. The summed E-state index contributed by atoms with van der Waals surface area (Å²) in [5, 5.41) is 23.4. The van der Waals surface area contributed by atoms with E-state index in [0.717, 1.165) is 62.1 Å². The molecule has 176 valence electrons. The molecule has 2 aliphatic rings. The Hall–Kier alpha value is -2.19. The van der Waals surface area contributed by atoms with Crippen LogP contribution >= 0.6 is 0 Å². The van der Waals surface area contributed by atoms with Gasteiger partial charge in [-0.2, -0.15) is 0 Å². The number of phenols is 1. The lowest BCUT2D eigenvalue weighted by atomic mass is 10.0. The number of aliphatic hydroxyl groups excluding tert-OH is 1. The topological polar surface area (TPSA) is 88.5 Å². The standard InChI is InChI=1S/C24H36N4O4/c1-3-21(19-8-9-23(30)20(17-19)18-27-12-15-32-16-13-27)26(2)22(7-6-14-29)24(31)28-11-5-4-10-25-28/h8-9,14,17,22,24-25,30-31H,1,4-7,10-13,15-16,18H2,2H3/t22-,24?/m0/s1. The maximum Gasteiger partial charge on any atom is 0.140 e. The summed E-state index contributed by atoms with van der Waals surface area (Å²) in [5.74, 6) is 0.251. The van der Waals surface area contributed by atoms with Crippen molar-refractivity contribution in [2.24, 2.45) is 0 Å². The molecular weight excluding hydrogens is 408 g/mol. The van der Waals surface area contributed by atoms with Crippen molar-refractivity contribution in [1.82, 2.24) is 20.2 Å². The molecule has 2 aliphatic heterocycles. The first-order valence-electron chi connectivity index (χ1n) is 11.4. The zero-order chi connectivity index (χ0) is 22.9. The fourth-order valence-corrected chi connectivity index (χ4v) is 4.38. The number of hydrazine groups is 1. The third kappa shape index (κ3) is 6.19. The quantitative estimate of drug-likeness (QED) is 0.370. The van der Waals surface area contributed by atoms with Gasteiger partial charge in [0.05, 0.1) is 25.0 Å². The van der Waals surface area contributed by atoms with E-state index in [-0.39, 0.29) is 11.8 Å². The van der Waals surface area contributed by atoms with Crippen molar-refractivity contribution in [1.29, 1.82) is 0 Å². The summed E-state index contributed by atoms with van der Waals surface area (Å²) >= 11 is 0. The van der Waals surface area contributed by atoms with Gasteiger partial charge in [-0.25, -0.2) is 5.01 Å². The van der Waals surface area contributed by atoms with Gasteiger partial charge < -0.3 is 24.6 Å². The normalized spacial score (nSPS) is 19.7. The second-order valence-corrected chi connectivity index (χ2v) is 8.40. The Balaban J connectivity index is 1.81.